The molecule has 0 unspecified atom stereocenters. The van der Waals surface area contributed by atoms with E-state index in [1.807, 2.05) is 6.92 Å². The minimum atomic E-state index is -0.497. The van der Waals surface area contributed by atoms with Gasteiger partial charge in [0.1, 0.15) is 12.1 Å². The van der Waals surface area contributed by atoms with Crippen LogP contribution in [0.15, 0.2) is 6.33 Å². The van der Waals surface area contributed by atoms with Crippen LogP contribution in [0.1, 0.15) is 43.9 Å². The number of anilines is 1. The van der Waals surface area contributed by atoms with E-state index in [1.165, 1.54) is 30.5 Å². The highest BCUT2D eigenvalue weighted by atomic mass is 16.3. The van der Waals surface area contributed by atoms with Crippen molar-refractivity contribution in [3.8, 4) is 0 Å². The summed E-state index contributed by atoms with van der Waals surface area (Å²) in [5, 5.41) is 10.1. The number of aryl methyl sites for hydroxylation is 1. The van der Waals surface area contributed by atoms with Gasteiger partial charge in [0.25, 0.3) is 0 Å². The minimum Gasteiger partial charge on any atom is -0.386 e. The maximum Gasteiger partial charge on any atom is 0.135 e. The van der Waals surface area contributed by atoms with Crippen molar-refractivity contribution in [2.24, 2.45) is 0 Å². The second-order valence-corrected chi connectivity index (χ2v) is 5.62. The molecule has 1 aromatic rings. The zero-order valence-electron chi connectivity index (χ0n) is 11.0. The van der Waals surface area contributed by atoms with E-state index in [0.717, 1.165) is 25.1 Å². The molecular weight excluding hydrogens is 226 g/mol. The summed E-state index contributed by atoms with van der Waals surface area (Å²) in [5.74, 6) is 1.07. The van der Waals surface area contributed by atoms with Crippen LogP contribution in [0.3, 0.4) is 0 Å². The van der Waals surface area contributed by atoms with Gasteiger partial charge >= 0.3 is 0 Å². The molecule has 1 aliphatic carbocycles. The van der Waals surface area contributed by atoms with Crippen LogP contribution in [0.5, 0.6) is 0 Å². The standard InChI is InChI=1S/C14H21N3O/c1-2-14(18)8-17(9-14)13-11-6-4-3-5-7-12(11)15-10-16-13/h10,18H,2-9H2,1H3. The molecule has 3 rings (SSSR count). The first-order valence-corrected chi connectivity index (χ1v) is 7.02. The molecule has 1 saturated heterocycles. The van der Waals surface area contributed by atoms with Crippen molar-refractivity contribution in [3.63, 3.8) is 0 Å². The van der Waals surface area contributed by atoms with Crippen molar-refractivity contribution in [3.05, 3.63) is 17.6 Å². The van der Waals surface area contributed by atoms with Gasteiger partial charge in [0.15, 0.2) is 0 Å². The van der Waals surface area contributed by atoms with E-state index >= 15 is 0 Å². The number of hydrogen-bond acceptors (Lipinski definition) is 4. The molecule has 1 fully saturated rings. The van der Waals surface area contributed by atoms with E-state index in [4.69, 9.17) is 0 Å². The predicted octanol–water partition coefficient (Wildman–Crippen LogP) is 1.71. The fraction of sp³-hybridized carbons (Fsp3) is 0.714. The summed E-state index contributed by atoms with van der Waals surface area (Å²) in [6.45, 7) is 3.47. The van der Waals surface area contributed by atoms with E-state index in [-0.39, 0.29) is 0 Å². The van der Waals surface area contributed by atoms with Gasteiger partial charge in [-0.1, -0.05) is 13.3 Å². The Balaban J connectivity index is 1.85. The van der Waals surface area contributed by atoms with Crippen LogP contribution >= 0.6 is 0 Å². The maximum atomic E-state index is 10.1. The Morgan fingerprint density at radius 3 is 2.78 bits per heavy atom. The van der Waals surface area contributed by atoms with Gasteiger partial charge in [0.2, 0.25) is 0 Å². The average molecular weight is 247 g/mol. The van der Waals surface area contributed by atoms with Crippen LogP contribution in [-0.2, 0) is 12.8 Å². The molecule has 1 N–H and O–H groups in total. The zero-order chi connectivity index (χ0) is 12.6. The molecule has 0 saturated carbocycles. The molecule has 4 heteroatoms. The Kier molecular flexibility index (Phi) is 2.98. The molecule has 0 spiro atoms. The molecule has 1 aromatic heterocycles. The first kappa shape index (κ1) is 11.9. The summed E-state index contributed by atoms with van der Waals surface area (Å²) in [4.78, 5) is 11.1. The molecule has 0 amide bonds. The van der Waals surface area contributed by atoms with Crippen LogP contribution in [0.25, 0.3) is 0 Å². The molecule has 4 nitrogen and oxygen atoms in total. The first-order chi connectivity index (χ1) is 8.72. The van der Waals surface area contributed by atoms with Crippen molar-refractivity contribution in [1.82, 2.24) is 9.97 Å². The van der Waals surface area contributed by atoms with E-state index in [1.54, 1.807) is 6.33 Å². The maximum absolute atomic E-state index is 10.1. The first-order valence-electron chi connectivity index (χ1n) is 7.02. The van der Waals surface area contributed by atoms with Gasteiger partial charge in [0, 0.05) is 24.3 Å². The summed E-state index contributed by atoms with van der Waals surface area (Å²) in [6, 6.07) is 0. The highest BCUT2D eigenvalue weighted by Crippen LogP contribution is 2.33. The van der Waals surface area contributed by atoms with Gasteiger partial charge in [-0.15, -0.1) is 0 Å². The summed E-state index contributed by atoms with van der Waals surface area (Å²) < 4.78 is 0. The Labute approximate surface area is 108 Å². The topological polar surface area (TPSA) is 49.2 Å². The smallest absolute Gasteiger partial charge is 0.135 e. The van der Waals surface area contributed by atoms with Crippen LogP contribution in [0.4, 0.5) is 5.82 Å². The fourth-order valence-electron chi connectivity index (χ4n) is 2.99. The third-order valence-electron chi connectivity index (χ3n) is 4.28. The molecule has 1 aliphatic heterocycles. The van der Waals surface area contributed by atoms with E-state index < -0.39 is 5.60 Å². The van der Waals surface area contributed by atoms with Crippen molar-refractivity contribution < 1.29 is 5.11 Å². The second-order valence-electron chi connectivity index (χ2n) is 5.62. The normalized spacial score (nSPS) is 22.0. The molecule has 2 heterocycles. The highest BCUT2D eigenvalue weighted by molar-refractivity contribution is 5.52. The molecule has 0 bridgehead atoms. The average Bonchev–Trinajstić information content (AvgIpc) is 2.59. The lowest BCUT2D eigenvalue weighted by molar-refractivity contribution is 0.00794. The van der Waals surface area contributed by atoms with Gasteiger partial charge in [-0.25, -0.2) is 9.97 Å². The van der Waals surface area contributed by atoms with Gasteiger partial charge < -0.3 is 10.0 Å². The van der Waals surface area contributed by atoms with Gasteiger partial charge in [-0.3, -0.25) is 0 Å². The Morgan fingerprint density at radius 1 is 1.22 bits per heavy atom. The second kappa shape index (κ2) is 4.50. The lowest BCUT2D eigenvalue weighted by Gasteiger charge is -2.47. The van der Waals surface area contributed by atoms with Crippen LogP contribution < -0.4 is 4.90 Å². The number of aromatic nitrogens is 2. The van der Waals surface area contributed by atoms with Crippen molar-refractivity contribution in [2.75, 3.05) is 18.0 Å². The molecule has 0 atom stereocenters. The fourth-order valence-corrected chi connectivity index (χ4v) is 2.99. The number of β-amino-alcohol motifs (C(OH)–C–C–N with tert-alkyl or cyclic N) is 1. The van der Waals surface area contributed by atoms with Gasteiger partial charge in [-0.2, -0.15) is 0 Å². The van der Waals surface area contributed by atoms with E-state index in [9.17, 15) is 5.11 Å². The summed E-state index contributed by atoms with van der Waals surface area (Å²) in [6.07, 6.45) is 8.43. The van der Waals surface area contributed by atoms with Crippen LogP contribution in [-0.4, -0.2) is 33.8 Å². The highest BCUT2D eigenvalue weighted by Gasteiger charge is 2.41. The summed E-state index contributed by atoms with van der Waals surface area (Å²) in [7, 11) is 0. The lowest BCUT2D eigenvalue weighted by Crippen LogP contribution is -2.62. The third kappa shape index (κ3) is 1.99. The molecular formula is C14H21N3O. The molecule has 0 radical (unpaired) electrons. The SMILES string of the molecule is CCC1(O)CN(c2ncnc3c2CCCCC3)C1. The Hall–Kier alpha value is -1.16. The summed E-state index contributed by atoms with van der Waals surface area (Å²) in [5.41, 5.74) is 2.06. The van der Waals surface area contributed by atoms with Crippen LogP contribution in [0, 0.1) is 0 Å². The Morgan fingerprint density at radius 2 is 2.00 bits per heavy atom. The lowest BCUT2D eigenvalue weighted by atomic mass is 9.90. The van der Waals surface area contributed by atoms with Gasteiger partial charge in [0.05, 0.1) is 5.60 Å². The number of aliphatic hydroxyl groups is 1. The molecule has 18 heavy (non-hydrogen) atoms. The number of fused-ring (bicyclic) bond motifs is 1. The van der Waals surface area contributed by atoms with E-state index in [0.29, 0.717) is 13.1 Å². The number of hydrogen-bond donors (Lipinski definition) is 1. The van der Waals surface area contributed by atoms with Crippen molar-refractivity contribution in [2.45, 2.75) is 51.0 Å². The predicted molar refractivity (Wildman–Crippen MR) is 70.7 cm³/mol. The van der Waals surface area contributed by atoms with Crippen LogP contribution in [0.2, 0.25) is 0 Å². The molecule has 0 aromatic carbocycles. The van der Waals surface area contributed by atoms with Crippen molar-refractivity contribution in [1.29, 1.82) is 0 Å². The minimum absolute atomic E-state index is 0.497. The molecule has 2 aliphatic rings. The van der Waals surface area contributed by atoms with E-state index in [2.05, 4.69) is 14.9 Å². The Bertz CT molecular complexity index is 441. The number of nitrogens with zero attached hydrogens (tertiary/aromatic N) is 3. The van der Waals surface area contributed by atoms with Crippen molar-refractivity contribution >= 4 is 5.82 Å². The summed E-state index contributed by atoms with van der Waals surface area (Å²) >= 11 is 0. The number of rotatable bonds is 2. The van der Waals surface area contributed by atoms with Gasteiger partial charge in [-0.05, 0) is 32.1 Å². The largest absolute Gasteiger partial charge is 0.386 e. The third-order valence-corrected chi connectivity index (χ3v) is 4.28. The zero-order valence-corrected chi connectivity index (χ0v) is 11.0. The monoisotopic (exact) mass is 247 g/mol. The molecule has 98 valence electrons. The quantitative estimate of drug-likeness (QED) is 0.808.